The molecular formula is C15H20N4O3. The van der Waals surface area contributed by atoms with Gasteiger partial charge in [-0.05, 0) is 24.5 Å². The van der Waals surface area contributed by atoms with Crippen molar-refractivity contribution < 1.29 is 14.4 Å². The van der Waals surface area contributed by atoms with Crippen LogP contribution in [0, 0.1) is 0 Å². The third-order valence-corrected chi connectivity index (χ3v) is 3.40. The Kier molecular flexibility index (Phi) is 5.46. The molecule has 7 heteroatoms. The van der Waals surface area contributed by atoms with E-state index in [1.165, 1.54) is 0 Å². The van der Waals surface area contributed by atoms with Crippen LogP contribution in [0.3, 0.4) is 0 Å². The second kappa shape index (κ2) is 7.53. The number of nitrogens with zero attached hydrogens (tertiary/aromatic N) is 2. The van der Waals surface area contributed by atoms with E-state index in [0.29, 0.717) is 25.9 Å². The van der Waals surface area contributed by atoms with Gasteiger partial charge in [-0.15, -0.1) is 0 Å². The number of nitrogens with one attached hydrogen (secondary N) is 2. The van der Waals surface area contributed by atoms with Gasteiger partial charge >= 0.3 is 6.03 Å². The van der Waals surface area contributed by atoms with E-state index in [0.717, 1.165) is 10.5 Å². The van der Waals surface area contributed by atoms with Crippen LogP contribution in [0.25, 0.3) is 0 Å². The molecule has 0 radical (unpaired) electrons. The maximum Gasteiger partial charge on any atom is 0.324 e. The lowest BCUT2D eigenvalue weighted by atomic mass is 10.2. The van der Waals surface area contributed by atoms with Crippen LogP contribution in [0.1, 0.15) is 25.3 Å². The largest absolute Gasteiger partial charge is 0.356 e. The van der Waals surface area contributed by atoms with Gasteiger partial charge in [-0.25, -0.2) is 4.79 Å². The van der Waals surface area contributed by atoms with Gasteiger partial charge in [-0.3, -0.25) is 19.5 Å². The zero-order chi connectivity index (χ0) is 15.9. The van der Waals surface area contributed by atoms with Crippen LogP contribution in [0.15, 0.2) is 24.5 Å². The van der Waals surface area contributed by atoms with Gasteiger partial charge in [0.15, 0.2) is 0 Å². The van der Waals surface area contributed by atoms with Crippen molar-refractivity contribution in [2.24, 2.45) is 0 Å². The summed E-state index contributed by atoms with van der Waals surface area (Å²) in [5, 5.41) is 5.30. The molecule has 4 amide bonds. The molecule has 2 heterocycles. The topological polar surface area (TPSA) is 91.4 Å². The van der Waals surface area contributed by atoms with Gasteiger partial charge in [-0.1, -0.05) is 13.0 Å². The Balaban J connectivity index is 1.75. The van der Waals surface area contributed by atoms with Gasteiger partial charge < -0.3 is 10.6 Å². The average molecular weight is 304 g/mol. The maximum atomic E-state index is 12.0. The van der Waals surface area contributed by atoms with Gasteiger partial charge in [0.1, 0.15) is 6.04 Å². The average Bonchev–Trinajstić information content (AvgIpc) is 2.76. The van der Waals surface area contributed by atoms with Crippen molar-refractivity contribution in [2.75, 3.05) is 13.1 Å². The first-order valence-corrected chi connectivity index (χ1v) is 7.39. The van der Waals surface area contributed by atoms with Crippen LogP contribution < -0.4 is 10.6 Å². The molecule has 1 aromatic heterocycles. The predicted octanol–water partition coefficient (Wildman–Crippen LogP) is 0.461. The Bertz CT molecular complexity index is 547. The summed E-state index contributed by atoms with van der Waals surface area (Å²) in [7, 11) is 0. The van der Waals surface area contributed by atoms with Crippen LogP contribution in [-0.2, 0) is 16.0 Å². The molecule has 1 fully saturated rings. The Morgan fingerprint density at radius 2 is 2.27 bits per heavy atom. The molecule has 118 valence electrons. The molecule has 7 nitrogen and oxygen atoms in total. The first kappa shape index (κ1) is 15.9. The maximum absolute atomic E-state index is 12.0. The van der Waals surface area contributed by atoms with Crippen molar-refractivity contribution in [3.8, 4) is 0 Å². The lowest BCUT2D eigenvalue weighted by Gasteiger charge is -2.11. The summed E-state index contributed by atoms with van der Waals surface area (Å²) in [5.41, 5.74) is 1.03. The number of pyridine rings is 1. The predicted molar refractivity (Wildman–Crippen MR) is 79.9 cm³/mol. The van der Waals surface area contributed by atoms with Crippen LogP contribution in [-0.4, -0.2) is 46.9 Å². The summed E-state index contributed by atoms with van der Waals surface area (Å²) < 4.78 is 0. The first-order valence-electron chi connectivity index (χ1n) is 7.39. The zero-order valence-corrected chi connectivity index (χ0v) is 12.5. The van der Waals surface area contributed by atoms with Crippen LogP contribution in [0.5, 0.6) is 0 Å². The van der Waals surface area contributed by atoms with E-state index in [1.807, 2.05) is 19.1 Å². The van der Waals surface area contributed by atoms with Crippen molar-refractivity contribution >= 4 is 17.8 Å². The van der Waals surface area contributed by atoms with Gasteiger partial charge in [-0.2, -0.15) is 0 Å². The Labute approximate surface area is 129 Å². The molecule has 0 bridgehead atoms. The van der Waals surface area contributed by atoms with E-state index < -0.39 is 12.1 Å². The van der Waals surface area contributed by atoms with Crippen molar-refractivity contribution in [1.29, 1.82) is 0 Å². The number of carbonyl (C=O) groups is 3. The highest BCUT2D eigenvalue weighted by molar-refractivity contribution is 6.05. The van der Waals surface area contributed by atoms with Gasteiger partial charge in [0.2, 0.25) is 5.91 Å². The number of amides is 4. The molecule has 0 saturated carbocycles. The number of urea groups is 1. The first-order chi connectivity index (χ1) is 10.6. The second-order valence-corrected chi connectivity index (χ2v) is 5.16. The number of aromatic nitrogens is 1. The molecule has 2 N–H and O–H groups in total. The highest BCUT2D eigenvalue weighted by Gasteiger charge is 2.38. The minimum atomic E-state index is -0.752. The fourth-order valence-electron chi connectivity index (χ4n) is 2.30. The number of hydrogen-bond donors (Lipinski definition) is 2. The summed E-state index contributed by atoms with van der Waals surface area (Å²) in [6.45, 7) is 2.74. The minimum absolute atomic E-state index is 0.0299. The fourth-order valence-corrected chi connectivity index (χ4v) is 2.30. The molecular weight excluding hydrogens is 284 g/mol. The van der Waals surface area contributed by atoms with E-state index in [9.17, 15) is 14.4 Å². The molecule has 1 saturated heterocycles. The lowest BCUT2D eigenvalue weighted by molar-refractivity contribution is -0.130. The molecule has 1 aliphatic rings. The molecule has 22 heavy (non-hydrogen) atoms. The molecule has 1 aliphatic heterocycles. The van der Waals surface area contributed by atoms with E-state index >= 15 is 0 Å². The van der Waals surface area contributed by atoms with Gasteiger partial charge in [0, 0.05) is 25.5 Å². The number of hydrogen-bond acceptors (Lipinski definition) is 4. The van der Waals surface area contributed by atoms with Crippen LogP contribution in [0.2, 0.25) is 0 Å². The van der Waals surface area contributed by atoms with Gasteiger partial charge in [0.25, 0.3) is 5.91 Å². The summed E-state index contributed by atoms with van der Waals surface area (Å²) >= 11 is 0. The normalized spacial score (nSPS) is 17.5. The summed E-state index contributed by atoms with van der Waals surface area (Å²) in [6, 6.07) is 2.60. The molecule has 0 spiro atoms. The second-order valence-electron chi connectivity index (χ2n) is 5.16. The van der Waals surface area contributed by atoms with Crippen LogP contribution in [0.4, 0.5) is 4.79 Å². The quantitative estimate of drug-likeness (QED) is 0.716. The lowest BCUT2D eigenvalue weighted by Crippen LogP contribution is -2.37. The minimum Gasteiger partial charge on any atom is -0.356 e. The van der Waals surface area contributed by atoms with Crippen molar-refractivity contribution in [3.05, 3.63) is 30.1 Å². The SMILES string of the molecule is CCCN1C(=O)N[C@H](CC(=O)NCCc2cccnc2)C1=O. The highest BCUT2D eigenvalue weighted by Crippen LogP contribution is 2.10. The van der Waals surface area contributed by atoms with Crippen LogP contribution >= 0.6 is 0 Å². The molecule has 1 aromatic rings. The third kappa shape index (κ3) is 4.03. The van der Waals surface area contributed by atoms with Crippen molar-refractivity contribution in [2.45, 2.75) is 32.2 Å². The van der Waals surface area contributed by atoms with E-state index in [-0.39, 0.29) is 18.2 Å². The number of carbonyl (C=O) groups excluding carboxylic acids is 3. The fraction of sp³-hybridized carbons (Fsp3) is 0.467. The highest BCUT2D eigenvalue weighted by atomic mass is 16.2. The van der Waals surface area contributed by atoms with Crippen molar-refractivity contribution in [3.63, 3.8) is 0 Å². The Morgan fingerprint density at radius 3 is 2.95 bits per heavy atom. The summed E-state index contributed by atoms with van der Waals surface area (Å²) in [4.78, 5) is 40.6. The van der Waals surface area contributed by atoms with E-state index in [4.69, 9.17) is 0 Å². The van der Waals surface area contributed by atoms with Crippen molar-refractivity contribution in [1.82, 2.24) is 20.5 Å². The Morgan fingerprint density at radius 1 is 1.45 bits per heavy atom. The molecule has 0 unspecified atom stereocenters. The number of rotatable bonds is 7. The Hall–Kier alpha value is -2.44. The summed E-state index contributed by atoms with van der Waals surface area (Å²) in [6.07, 6.45) is 4.78. The molecule has 0 aliphatic carbocycles. The standard InChI is InChI=1S/C15H20N4O3/c1-2-8-19-14(21)12(18-15(19)22)9-13(20)17-7-5-11-4-3-6-16-10-11/h3-4,6,10,12H,2,5,7-9H2,1H3,(H,17,20)(H,18,22)/t12-/m1/s1. The smallest absolute Gasteiger partial charge is 0.324 e. The molecule has 2 rings (SSSR count). The van der Waals surface area contributed by atoms with E-state index in [1.54, 1.807) is 12.4 Å². The molecule has 0 aromatic carbocycles. The number of imide groups is 1. The summed E-state index contributed by atoms with van der Waals surface area (Å²) in [5.74, 6) is -0.574. The third-order valence-electron chi connectivity index (χ3n) is 3.40. The zero-order valence-electron chi connectivity index (χ0n) is 12.5. The van der Waals surface area contributed by atoms with Gasteiger partial charge in [0.05, 0.1) is 6.42 Å². The van der Waals surface area contributed by atoms with E-state index in [2.05, 4.69) is 15.6 Å². The molecule has 1 atom stereocenters. The monoisotopic (exact) mass is 304 g/mol.